The van der Waals surface area contributed by atoms with Crippen LogP contribution in [0.3, 0.4) is 0 Å². The largest absolute Gasteiger partial charge is 0.464 e. The van der Waals surface area contributed by atoms with Crippen LogP contribution < -0.4 is 0 Å². The van der Waals surface area contributed by atoms with E-state index in [2.05, 4.69) is 48.5 Å². The van der Waals surface area contributed by atoms with Crippen LogP contribution in [-0.4, -0.2) is 18.5 Å². The molecule has 112 valence electrons. The van der Waals surface area contributed by atoms with Gasteiger partial charge in [0.1, 0.15) is 5.88 Å². The van der Waals surface area contributed by atoms with Crippen molar-refractivity contribution in [3.63, 3.8) is 0 Å². The minimum absolute atomic E-state index is 0.0754. The molecule has 3 aliphatic rings. The Bertz CT molecular complexity index is 677. The maximum Gasteiger partial charge on any atom is 0.320 e. The summed E-state index contributed by atoms with van der Waals surface area (Å²) in [7, 11) is 0. The first kappa shape index (κ1) is 13.8. The quantitative estimate of drug-likeness (QED) is 0.631. The van der Waals surface area contributed by atoms with E-state index in [0.29, 0.717) is 24.4 Å². The van der Waals surface area contributed by atoms with E-state index in [1.807, 2.05) is 0 Å². The second-order valence-electron chi connectivity index (χ2n) is 6.10. The summed E-state index contributed by atoms with van der Waals surface area (Å²) in [4.78, 5) is 11.4. The van der Waals surface area contributed by atoms with Crippen LogP contribution in [0.5, 0.6) is 0 Å². The number of carbonyl (C=O) groups excluding carboxylic acids is 1. The van der Waals surface area contributed by atoms with Gasteiger partial charge in [0.2, 0.25) is 0 Å². The number of benzene rings is 2. The normalized spacial score (nSPS) is 24.5. The fourth-order valence-corrected chi connectivity index (χ4v) is 4.24. The Morgan fingerprint density at radius 3 is 2.09 bits per heavy atom. The number of hydrogen-bond donors (Lipinski definition) is 0. The highest BCUT2D eigenvalue weighted by Crippen LogP contribution is 2.55. The van der Waals surface area contributed by atoms with Gasteiger partial charge in [-0.2, -0.15) is 0 Å². The van der Waals surface area contributed by atoms with E-state index >= 15 is 0 Å². The van der Waals surface area contributed by atoms with Gasteiger partial charge >= 0.3 is 5.97 Å². The first-order chi connectivity index (χ1) is 10.8. The fraction of sp³-hybridized carbons (Fsp3) is 0.316. The van der Waals surface area contributed by atoms with Gasteiger partial charge in [0, 0.05) is 17.8 Å². The number of carbonyl (C=O) groups is 1. The van der Waals surface area contributed by atoms with Crippen LogP contribution >= 0.6 is 11.6 Å². The van der Waals surface area contributed by atoms with Crippen molar-refractivity contribution in [3.8, 4) is 0 Å². The van der Waals surface area contributed by atoms with Crippen LogP contribution in [0.2, 0.25) is 0 Å². The molecule has 1 atom stereocenters. The molecule has 0 heterocycles. The average Bonchev–Trinajstić information content (AvgIpc) is 2.59. The molecule has 0 amide bonds. The molecule has 22 heavy (non-hydrogen) atoms. The van der Waals surface area contributed by atoms with Crippen LogP contribution in [0.4, 0.5) is 0 Å². The van der Waals surface area contributed by atoms with Gasteiger partial charge < -0.3 is 4.74 Å². The summed E-state index contributed by atoms with van der Waals surface area (Å²) in [6.45, 7) is 0.454. The van der Waals surface area contributed by atoms with Crippen molar-refractivity contribution in [1.29, 1.82) is 0 Å². The number of esters is 1. The van der Waals surface area contributed by atoms with Crippen molar-refractivity contribution in [2.24, 2.45) is 5.92 Å². The predicted octanol–water partition coefficient (Wildman–Crippen LogP) is 4.07. The smallest absolute Gasteiger partial charge is 0.320 e. The monoisotopic (exact) mass is 312 g/mol. The molecule has 0 aliphatic heterocycles. The Kier molecular flexibility index (Phi) is 3.42. The summed E-state index contributed by atoms with van der Waals surface area (Å²) in [6.07, 6.45) is 1.04. The van der Waals surface area contributed by atoms with Gasteiger partial charge in [-0.3, -0.25) is 4.79 Å². The molecule has 2 nitrogen and oxygen atoms in total. The lowest BCUT2D eigenvalue weighted by Crippen LogP contribution is -2.35. The average molecular weight is 313 g/mol. The Morgan fingerprint density at radius 2 is 1.55 bits per heavy atom. The molecule has 2 aromatic carbocycles. The third-order valence-corrected chi connectivity index (χ3v) is 5.21. The summed E-state index contributed by atoms with van der Waals surface area (Å²) >= 11 is 5.54. The van der Waals surface area contributed by atoms with Gasteiger partial charge in [0.25, 0.3) is 0 Å². The number of halogens is 1. The van der Waals surface area contributed by atoms with Crippen LogP contribution in [0.1, 0.15) is 40.5 Å². The lowest BCUT2D eigenvalue weighted by Gasteiger charge is -2.45. The summed E-state index contributed by atoms with van der Waals surface area (Å²) in [6, 6.07) is 17.4. The molecule has 0 unspecified atom stereocenters. The Balaban J connectivity index is 1.74. The van der Waals surface area contributed by atoms with Crippen molar-refractivity contribution in [2.75, 3.05) is 12.5 Å². The molecule has 0 fully saturated rings. The van der Waals surface area contributed by atoms with Crippen LogP contribution in [-0.2, 0) is 9.53 Å². The lowest BCUT2D eigenvalue weighted by molar-refractivity contribution is -0.142. The second-order valence-corrected chi connectivity index (χ2v) is 6.37. The molecule has 0 spiro atoms. The first-order valence-electron chi connectivity index (χ1n) is 7.69. The van der Waals surface area contributed by atoms with Gasteiger partial charge in [-0.05, 0) is 28.7 Å². The minimum Gasteiger partial charge on any atom is -0.464 e. The molecular formula is C19H17ClO2. The standard InChI is InChI=1S/C19H17ClO2/c20-10-18(21)22-11-12-9-17-13-5-1-3-7-15(13)19(12)16-8-4-2-6-14(16)17/h1-8,12,17,19H,9-11H2/t12-,17?,19?/m1/s1. The van der Waals surface area contributed by atoms with Crippen molar-refractivity contribution < 1.29 is 9.53 Å². The predicted molar refractivity (Wildman–Crippen MR) is 86.4 cm³/mol. The summed E-state index contributed by atoms with van der Waals surface area (Å²) in [5, 5.41) is 0. The van der Waals surface area contributed by atoms with Crippen molar-refractivity contribution in [1.82, 2.24) is 0 Å². The van der Waals surface area contributed by atoms with E-state index in [9.17, 15) is 4.79 Å². The third-order valence-electron chi connectivity index (χ3n) is 4.99. The second kappa shape index (κ2) is 5.44. The molecule has 0 saturated carbocycles. The van der Waals surface area contributed by atoms with Gasteiger partial charge in [-0.25, -0.2) is 0 Å². The zero-order valence-corrected chi connectivity index (χ0v) is 12.9. The zero-order valence-electron chi connectivity index (χ0n) is 12.2. The molecule has 3 heteroatoms. The van der Waals surface area contributed by atoms with Gasteiger partial charge in [0.15, 0.2) is 0 Å². The number of hydrogen-bond acceptors (Lipinski definition) is 2. The molecule has 0 aromatic heterocycles. The van der Waals surface area contributed by atoms with Crippen molar-refractivity contribution >= 4 is 17.6 Å². The third kappa shape index (κ3) is 2.05. The SMILES string of the molecule is O=C(CCl)OC[C@H]1CC2c3ccccc3C1c1ccccc12. The number of alkyl halides is 1. The van der Waals surface area contributed by atoms with Crippen molar-refractivity contribution in [3.05, 3.63) is 70.8 Å². The number of rotatable bonds is 3. The fourth-order valence-electron chi connectivity index (χ4n) is 4.16. The minimum atomic E-state index is -0.329. The molecule has 0 radical (unpaired) electrons. The van der Waals surface area contributed by atoms with Gasteiger partial charge in [-0.15, -0.1) is 11.6 Å². The van der Waals surface area contributed by atoms with E-state index in [1.54, 1.807) is 0 Å². The summed E-state index contributed by atoms with van der Waals surface area (Å²) in [5.41, 5.74) is 5.66. The topological polar surface area (TPSA) is 26.3 Å². The Hall–Kier alpha value is -1.80. The Labute approximate surface area is 135 Å². The highest BCUT2D eigenvalue weighted by atomic mass is 35.5. The number of fused-ring (bicyclic) bond motifs is 1. The van der Waals surface area contributed by atoms with Gasteiger partial charge in [0.05, 0.1) is 6.61 Å². The van der Waals surface area contributed by atoms with Crippen LogP contribution in [0, 0.1) is 5.92 Å². The highest BCUT2D eigenvalue weighted by molar-refractivity contribution is 6.26. The summed E-state index contributed by atoms with van der Waals surface area (Å²) < 4.78 is 5.34. The van der Waals surface area contributed by atoms with E-state index in [1.165, 1.54) is 22.3 Å². The number of ether oxygens (including phenoxy) is 1. The van der Waals surface area contributed by atoms with E-state index < -0.39 is 0 Å². The molecular weight excluding hydrogens is 296 g/mol. The zero-order chi connectivity index (χ0) is 15.1. The van der Waals surface area contributed by atoms with E-state index in [-0.39, 0.29) is 11.8 Å². The molecule has 3 aliphatic carbocycles. The van der Waals surface area contributed by atoms with E-state index in [4.69, 9.17) is 16.3 Å². The molecule has 0 N–H and O–H groups in total. The molecule has 5 rings (SSSR count). The maximum absolute atomic E-state index is 11.4. The van der Waals surface area contributed by atoms with Crippen LogP contribution in [0.15, 0.2) is 48.5 Å². The summed E-state index contributed by atoms with van der Waals surface area (Å²) in [5.74, 6) is 0.665. The van der Waals surface area contributed by atoms with E-state index in [0.717, 1.165) is 6.42 Å². The van der Waals surface area contributed by atoms with Crippen LogP contribution in [0.25, 0.3) is 0 Å². The van der Waals surface area contributed by atoms with Crippen molar-refractivity contribution in [2.45, 2.75) is 18.3 Å². The first-order valence-corrected chi connectivity index (χ1v) is 8.22. The lowest BCUT2D eigenvalue weighted by atomic mass is 9.59. The molecule has 2 bridgehead atoms. The highest BCUT2D eigenvalue weighted by Gasteiger charge is 2.43. The maximum atomic E-state index is 11.4. The van der Waals surface area contributed by atoms with Gasteiger partial charge in [-0.1, -0.05) is 48.5 Å². The molecule has 2 aromatic rings. The Morgan fingerprint density at radius 1 is 1.00 bits per heavy atom. The molecule has 0 saturated heterocycles.